The summed E-state index contributed by atoms with van der Waals surface area (Å²) in [7, 11) is 0. The first-order valence-electron chi connectivity index (χ1n) is 5.48. The van der Waals surface area contributed by atoms with Crippen molar-refractivity contribution in [1.82, 2.24) is 0 Å². The maximum atomic E-state index is 11.7. The Morgan fingerprint density at radius 2 is 1.88 bits per heavy atom. The van der Waals surface area contributed by atoms with Crippen LogP contribution in [0.5, 0.6) is 0 Å². The smallest absolute Gasteiger partial charge is 0.143 e. The topological polar surface area (TPSA) is 34.1 Å². The molecule has 0 aliphatic heterocycles. The van der Waals surface area contributed by atoms with Gasteiger partial charge in [0.2, 0.25) is 0 Å². The molecule has 2 atom stereocenters. The molecule has 1 aliphatic rings. The van der Waals surface area contributed by atoms with Crippen LogP contribution in [0, 0.1) is 5.92 Å². The fourth-order valence-electron chi connectivity index (χ4n) is 2.22. The van der Waals surface area contributed by atoms with Crippen LogP contribution in [0.15, 0.2) is 18.2 Å². The molecule has 90 valence electrons. The maximum absolute atomic E-state index is 11.7. The van der Waals surface area contributed by atoms with Crippen LogP contribution >= 0.6 is 23.2 Å². The van der Waals surface area contributed by atoms with Crippen LogP contribution in [0.4, 0.5) is 0 Å². The Morgan fingerprint density at radius 3 is 2.53 bits per heavy atom. The molecule has 0 aromatic heterocycles. The number of hydrogen-bond acceptors (Lipinski definition) is 2. The van der Waals surface area contributed by atoms with Crippen molar-refractivity contribution in [3.8, 4) is 0 Å². The van der Waals surface area contributed by atoms with E-state index in [4.69, 9.17) is 23.2 Å². The normalized spacial score (nSPS) is 25.1. The number of ketones is 2. The molecular weight excluding hydrogens is 259 g/mol. The van der Waals surface area contributed by atoms with Gasteiger partial charge in [0.25, 0.3) is 0 Å². The first-order valence-corrected chi connectivity index (χ1v) is 6.24. The number of benzene rings is 1. The predicted octanol–water partition coefficient (Wildman–Crippen LogP) is 3.65. The summed E-state index contributed by atoms with van der Waals surface area (Å²) in [6, 6.07) is 5.29. The van der Waals surface area contributed by atoms with Crippen LogP contribution in [0.1, 0.15) is 31.2 Å². The Labute approximate surface area is 110 Å². The second-order valence-corrected chi connectivity index (χ2v) is 5.27. The molecule has 2 nitrogen and oxygen atoms in total. The standard InChI is InChI=1S/C13H12Cl2O2/c1-7-10(5-9(16)6-13(7)17)8-2-3-11(14)12(15)4-8/h2-4,7,10H,5-6H2,1H3/t7-,10-/m0/s1. The van der Waals surface area contributed by atoms with Gasteiger partial charge in [0.1, 0.15) is 11.6 Å². The molecule has 0 N–H and O–H groups in total. The number of carbonyl (C=O) groups excluding carboxylic acids is 2. The monoisotopic (exact) mass is 270 g/mol. The molecule has 1 saturated carbocycles. The van der Waals surface area contributed by atoms with Gasteiger partial charge >= 0.3 is 0 Å². The Hall–Kier alpha value is -0.860. The van der Waals surface area contributed by atoms with E-state index < -0.39 is 0 Å². The van der Waals surface area contributed by atoms with Gasteiger partial charge in [-0.05, 0) is 17.7 Å². The molecular formula is C13H12Cl2O2. The number of rotatable bonds is 1. The minimum atomic E-state index is -0.134. The van der Waals surface area contributed by atoms with Crippen molar-refractivity contribution in [2.24, 2.45) is 5.92 Å². The summed E-state index contributed by atoms with van der Waals surface area (Å²) in [5, 5.41) is 0.943. The van der Waals surface area contributed by atoms with Gasteiger partial charge in [0, 0.05) is 18.3 Å². The Kier molecular flexibility index (Phi) is 3.55. The highest BCUT2D eigenvalue weighted by atomic mass is 35.5. The molecule has 0 unspecified atom stereocenters. The molecule has 17 heavy (non-hydrogen) atoms. The van der Waals surface area contributed by atoms with E-state index in [2.05, 4.69) is 0 Å². The van der Waals surface area contributed by atoms with E-state index in [1.165, 1.54) is 0 Å². The Morgan fingerprint density at radius 1 is 1.18 bits per heavy atom. The van der Waals surface area contributed by atoms with Gasteiger partial charge in [0.15, 0.2) is 0 Å². The molecule has 0 saturated heterocycles. The van der Waals surface area contributed by atoms with Gasteiger partial charge in [-0.15, -0.1) is 0 Å². The molecule has 0 heterocycles. The highest BCUT2D eigenvalue weighted by Crippen LogP contribution is 2.36. The average Bonchev–Trinajstić information content (AvgIpc) is 2.27. The summed E-state index contributed by atoms with van der Waals surface area (Å²) in [4.78, 5) is 23.1. The second-order valence-electron chi connectivity index (χ2n) is 4.45. The summed E-state index contributed by atoms with van der Waals surface area (Å²) in [6.45, 7) is 1.86. The van der Waals surface area contributed by atoms with Gasteiger partial charge < -0.3 is 0 Å². The first kappa shape index (κ1) is 12.6. The number of hydrogen-bond donors (Lipinski definition) is 0. The van der Waals surface area contributed by atoms with E-state index in [0.29, 0.717) is 16.5 Å². The molecule has 1 aromatic rings. The minimum absolute atomic E-state index is 0.00386. The van der Waals surface area contributed by atoms with E-state index in [1.54, 1.807) is 12.1 Å². The molecule has 0 spiro atoms. The minimum Gasteiger partial charge on any atom is -0.299 e. The molecule has 4 heteroatoms. The largest absolute Gasteiger partial charge is 0.299 e. The third-order valence-corrected chi connectivity index (χ3v) is 4.04. The fourth-order valence-corrected chi connectivity index (χ4v) is 2.53. The van der Waals surface area contributed by atoms with E-state index >= 15 is 0 Å². The van der Waals surface area contributed by atoms with Gasteiger partial charge in [-0.2, -0.15) is 0 Å². The van der Waals surface area contributed by atoms with Crippen molar-refractivity contribution < 1.29 is 9.59 Å². The van der Waals surface area contributed by atoms with Crippen LogP contribution < -0.4 is 0 Å². The van der Waals surface area contributed by atoms with E-state index in [-0.39, 0.29) is 29.8 Å². The van der Waals surface area contributed by atoms with Crippen molar-refractivity contribution in [2.75, 3.05) is 0 Å². The van der Waals surface area contributed by atoms with Gasteiger partial charge in [-0.3, -0.25) is 9.59 Å². The molecule has 1 fully saturated rings. The number of halogens is 2. The first-order chi connectivity index (χ1) is 7.99. The van der Waals surface area contributed by atoms with Gasteiger partial charge in [-0.25, -0.2) is 0 Å². The van der Waals surface area contributed by atoms with E-state index in [9.17, 15) is 9.59 Å². The zero-order valence-electron chi connectivity index (χ0n) is 9.37. The van der Waals surface area contributed by atoms with Crippen LogP contribution in [-0.4, -0.2) is 11.6 Å². The third kappa shape index (κ3) is 2.53. The van der Waals surface area contributed by atoms with E-state index in [1.807, 2.05) is 13.0 Å². The Bertz CT molecular complexity index is 482. The lowest BCUT2D eigenvalue weighted by Crippen LogP contribution is -2.29. The zero-order chi connectivity index (χ0) is 12.6. The lowest BCUT2D eigenvalue weighted by atomic mass is 9.75. The second kappa shape index (κ2) is 4.79. The molecule has 2 rings (SSSR count). The van der Waals surface area contributed by atoms with Crippen molar-refractivity contribution in [3.63, 3.8) is 0 Å². The van der Waals surface area contributed by atoms with Crippen LogP contribution in [-0.2, 0) is 9.59 Å². The maximum Gasteiger partial charge on any atom is 0.143 e. The van der Waals surface area contributed by atoms with Gasteiger partial charge in [0.05, 0.1) is 16.5 Å². The molecule has 0 bridgehead atoms. The Balaban J connectivity index is 2.34. The van der Waals surface area contributed by atoms with Crippen molar-refractivity contribution in [2.45, 2.75) is 25.7 Å². The summed E-state index contributed by atoms with van der Waals surface area (Å²) >= 11 is 11.8. The summed E-state index contributed by atoms with van der Waals surface area (Å²) in [5.41, 5.74) is 0.910. The lowest BCUT2D eigenvalue weighted by molar-refractivity contribution is -0.133. The van der Waals surface area contributed by atoms with Crippen molar-refractivity contribution >= 4 is 34.8 Å². The number of Topliss-reactive ketones (excluding diaryl/α,β-unsaturated/α-hetero) is 2. The van der Waals surface area contributed by atoms with E-state index in [0.717, 1.165) is 5.56 Å². The summed E-state index contributed by atoms with van der Waals surface area (Å²) in [6.07, 6.45) is 0.476. The highest BCUT2D eigenvalue weighted by molar-refractivity contribution is 6.42. The third-order valence-electron chi connectivity index (χ3n) is 3.30. The fraction of sp³-hybridized carbons (Fsp3) is 0.385. The number of carbonyl (C=O) groups is 2. The SMILES string of the molecule is C[C@@H]1C(=O)CC(=O)C[C@@H]1c1ccc(Cl)c(Cl)c1. The summed E-state index contributed by atoms with van der Waals surface area (Å²) < 4.78 is 0. The molecule has 1 aromatic carbocycles. The lowest BCUT2D eigenvalue weighted by Gasteiger charge is -2.27. The quantitative estimate of drug-likeness (QED) is 0.731. The molecule has 1 aliphatic carbocycles. The molecule has 0 radical (unpaired) electrons. The van der Waals surface area contributed by atoms with Crippen LogP contribution in [0.2, 0.25) is 10.0 Å². The van der Waals surface area contributed by atoms with Crippen LogP contribution in [0.3, 0.4) is 0 Å². The average molecular weight is 271 g/mol. The predicted molar refractivity (Wildman–Crippen MR) is 67.6 cm³/mol. The zero-order valence-corrected chi connectivity index (χ0v) is 10.9. The van der Waals surface area contributed by atoms with Crippen LogP contribution in [0.25, 0.3) is 0 Å². The van der Waals surface area contributed by atoms with Crippen molar-refractivity contribution in [3.05, 3.63) is 33.8 Å². The van der Waals surface area contributed by atoms with Crippen molar-refractivity contribution in [1.29, 1.82) is 0 Å². The summed E-state index contributed by atoms with van der Waals surface area (Å²) in [5.74, 6) is -0.190. The molecule has 0 amide bonds. The highest BCUT2D eigenvalue weighted by Gasteiger charge is 2.33. The van der Waals surface area contributed by atoms with Gasteiger partial charge in [-0.1, -0.05) is 36.2 Å².